The first-order valence-corrected chi connectivity index (χ1v) is 8.09. The number of nitrogens with one attached hydrogen (secondary N) is 1. The summed E-state index contributed by atoms with van der Waals surface area (Å²) in [5.41, 5.74) is 5.73. The van der Waals surface area contributed by atoms with Gasteiger partial charge in [0.25, 0.3) is 0 Å². The second kappa shape index (κ2) is 7.96. The number of rotatable bonds is 6. The van der Waals surface area contributed by atoms with E-state index in [9.17, 15) is 4.79 Å². The lowest BCUT2D eigenvalue weighted by Crippen LogP contribution is -2.45. The first kappa shape index (κ1) is 15.7. The van der Waals surface area contributed by atoms with Gasteiger partial charge in [0.1, 0.15) is 0 Å². The molecule has 0 aromatic heterocycles. The summed E-state index contributed by atoms with van der Waals surface area (Å²) in [4.78, 5) is 17.0. The van der Waals surface area contributed by atoms with E-state index in [-0.39, 0.29) is 11.8 Å². The molecule has 2 rings (SSSR count). The van der Waals surface area contributed by atoms with E-state index in [2.05, 4.69) is 22.2 Å². The van der Waals surface area contributed by atoms with Crippen molar-refractivity contribution in [3.05, 3.63) is 0 Å². The Balaban J connectivity index is 1.57. The minimum atomic E-state index is 0.170. The molecule has 0 radical (unpaired) electrons. The Labute approximate surface area is 122 Å². The fourth-order valence-corrected chi connectivity index (χ4v) is 3.38. The zero-order chi connectivity index (χ0) is 14.4. The van der Waals surface area contributed by atoms with E-state index in [1.807, 2.05) is 0 Å². The van der Waals surface area contributed by atoms with Crippen LogP contribution in [0.5, 0.6) is 0 Å². The van der Waals surface area contributed by atoms with Crippen molar-refractivity contribution in [1.29, 1.82) is 0 Å². The van der Waals surface area contributed by atoms with E-state index in [0.717, 1.165) is 65.0 Å². The largest absolute Gasteiger partial charge is 0.356 e. The molecule has 1 heterocycles. The standard InChI is InChI=1S/C15H30N4O/c1-18-8-10-19(11-9-18)7-3-6-17-15(20)14-5-2-4-13(14)12-16/h13-14H,2-12,16H2,1H3,(H,17,20). The van der Waals surface area contributed by atoms with Crippen molar-refractivity contribution in [2.45, 2.75) is 25.7 Å². The highest BCUT2D eigenvalue weighted by Gasteiger charge is 2.31. The highest BCUT2D eigenvalue weighted by Crippen LogP contribution is 2.30. The summed E-state index contributed by atoms with van der Waals surface area (Å²) < 4.78 is 0. The molecule has 0 aromatic carbocycles. The number of carbonyl (C=O) groups excluding carboxylic acids is 1. The Kier molecular flexibility index (Phi) is 6.26. The van der Waals surface area contributed by atoms with Gasteiger partial charge in [-0.2, -0.15) is 0 Å². The van der Waals surface area contributed by atoms with E-state index in [1.54, 1.807) is 0 Å². The molecule has 1 amide bonds. The molecule has 2 atom stereocenters. The van der Waals surface area contributed by atoms with Crippen LogP contribution in [-0.2, 0) is 4.79 Å². The van der Waals surface area contributed by atoms with Gasteiger partial charge < -0.3 is 20.9 Å². The number of piperazine rings is 1. The molecule has 1 aliphatic carbocycles. The Hall–Kier alpha value is -0.650. The van der Waals surface area contributed by atoms with Crippen LogP contribution in [0.3, 0.4) is 0 Å². The average molecular weight is 282 g/mol. The van der Waals surface area contributed by atoms with Gasteiger partial charge in [0.2, 0.25) is 5.91 Å². The molecule has 1 saturated heterocycles. The maximum Gasteiger partial charge on any atom is 0.223 e. The molecule has 5 nitrogen and oxygen atoms in total. The molecule has 2 aliphatic rings. The van der Waals surface area contributed by atoms with Crippen molar-refractivity contribution in [3.8, 4) is 0 Å². The summed E-state index contributed by atoms with van der Waals surface area (Å²) in [6, 6.07) is 0. The molecule has 2 unspecified atom stereocenters. The second-order valence-corrected chi connectivity index (χ2v) is 6.32. The molecule has 0 aromatic rings. The van der Waals surface area contributed by atoms with Gasteiger partial charge >= 0.3 is 0 Å². The molecule has 3 N–H and O–H groups in total. The van der Waals surface area contributed by atoms with E-state index in [0.29, 0.717) is 12.5 Å². The minimum Gasteiger partial charge on any atom is -0.356 e. The van der Waals surface area contributed by atoms with E-state index >= 15 is 0 Å². The van der Waals surface area contributed by atoms with Gasteiger partial charge in [0.05, 0.1) is 0 Å². The smallest absolute Gasteiger partial charge is 0.223 e. The van der Waals surface area contributed by atoms with Gasteiger partial charge in [-0.25, -0.2) is 0 Å². The summed E-state index contributed by atoms with van der Waals surface area (Å²) in [7, 11) is 2.17. The summed E-state index contributed by atoms with van der Waals surface area (Å²) in [5.74, 6) is 0.813. The zero-order valence-electron chi connectivity index (χ0n) is 12.8. The lowest BCUT2D eigenvalue weighted by Gasteiger charge is -2.32. The van der Waals surface area contributed by atoms with Crippen LogP contribution >= 0.6 is 0 Å². The number of nitrogens with zero attached hydrogens (tertiary/aromatic N) is 2. The van der Waals surface area contributed by atoms with Gasteiger partial charge in [-0.1, -0.05) is 6.42 Å². The minimum absolute atomic E-state index is 0.170. The van der Waals surface area contributed by atoms with Gasteiger partial charge in [-0.05, 0) is 45.3 Å². The predicted molar refractivity (Wildman–Crippen MR) is 81.4 cm³/mol. The number of carbonyl (C=O) groups is 1. The Morgan fingerprint density at radius 1 is 1.25 bits per heavy atom. The predicted octanol–water partition coefficient (Wildman–Crippen LogP) is 0.115. The normalized spacial score (nSPS) is 28.7. The fraction of sp³-hybridized carbons (Fsp3) is 0.933. The SMILES string of the molecule is CN1CCN(CCCNC(=O)C2CCCC2CN)CC1. The van der Waals surface area contributed by atoms with Gasteiger partial charge in [0, 0.05) is 38.6 Å². The molecule has 1 saturated carbocycles. The van der Waals surface area contributed by atoms with Crippen LogP contribution in [0.15, 0.2) is 0 Å². The van der Waals surface area contributed by atoms with Crippen LogP contribution in [0.4, 0.5) is 0 Å². The topological polar surface area (TPSA) is 61.6 Å². The molecule has 2 fully saturated rings. The zero-order valence-corrected chi connectivity index (χ0v) is 12.8. The van der Waals surface area contributed by atoms with Crippen LogP contribution in [-0.4, -0.2) is 68.6 Å². The third-order valence-electron chi connectivity index (χ3n) is 4.84. The molecule has 5 heteroatoms. The van der Waals surface area contributed by atoms with Gasteiger partial charge in [0.15, 0.2) is 0 Å². The van der Waals surface area contributed by atoms with Crippen LogP contribution in [0.2, 0.25) is 0 Å². The third kappa shape index (κ3) is 4.43. The number of hydrogen-bond acceptors (Lipinski definition) is 4. The molecule has 0 spiro atoms. The number of hydrogen-bond donors (Lipinski definition) is 2. The Bertz CT molecular complexity index is 302. The van der Waals surface area contributed by atoms with Crippen molar-refractivity contribution in [2.75, 3.05) is 52.9 Å². The van der Waals surface area contributed by atoms with E-state index in [1.165, 1.54) is 0 Å². The maximum atomic E-state index is 12.1. The molecule has 116 valence electrons. The van der Waals surface area contributed by atoms with Crippen LogP contribution in [0, 0.1) is 11.8 Å². The van der Waals surface area contributed by atoms with Gasteiger partial charge in [-0.15, -0.1) is 0 Å². The molecule has 1 aliphatic heterocycles. The summed E-state index contributed by atoms with van der Waals surface area (Å²) in [6.07, 6.45) is 4.35. The molecule has 20 heavy (non-hydrogen) atoms. The van der Waals surface area contributed by atoms with E-state index < -0.39 is 0 Å². The first-order chi connectivity index (χ1) is 9.70. The maximum absolute atomic E-state index is 12.1. The third-order valence-corrected chi connectivity index (χ3v) is 4.84. The van der Waals surface area contributed by atoms with Crippen molar-refractivity contribution in [2.24, 2.45) is 17.6 Å². The number of likely N-dealkylation sites (N-methyl/N-ethyl adjacent to an activating group) is 1. The van der Waals surface area contributed by atoms with E-state index in [4.69, 9.17) is 5.73 Å². The monoisotopic (exact) mass is 282 g/mol. The number of nitrogens with two attached hydrogens (primary N) is 1. The molecular weight excluding hydrogens is 252 g/mol. The first-order valence-electron chi connectivity index (χ1n) is 8.09. The lowest BCUT2D eigenvalue weighted by molar-refractivity contribution is -0.125. The summed E-state index contributed by atoms with van der Waals surface area (Å²) >= 11 is 0. The lowest BCUT2D eigenvalue weighted by atomic mass is 9.95. The van der Waals surface area contributed by atoms with Crippen molar-refractivity contribution < 1.29 is 4.79 Å². The highest BCUT2D eigenvalue weighted by molar-refractivity contribution is 5.79. The van der Waals surface area contributed by atoms with Crippen LogP contribution in [0.1, 0.15) is 25.7 Å². The second-order valence-electron chi connectivity index (χ2n) is 6.32. The van der Waals surface area contributed by atoms with Crippen LogP contribution in [0.25, 0.3) is 0 Å². The highest BCUT2D eigenvalue weighted by atomic mass is 16.1. The Morgan fingerprint density at radius 2 is 2.00 bits per heavy atom. The average Bonchev–Trinajstić information content (AvgIpc) is 2.94. The summed E-state index contributed by atoms with van der Waals surface area (Å²) in [5, 5.41) is 3.11. The summed E-state index contributed by atoms with van der Waals surface area (Å²) in [6.45, 7) is 7.18. The van der Waals surface area contributed by atoms with Crippen molar-refractivity contribution >= 4 is 5.91 Å². The van der Waals surface area contributed by atoms with Crippen molar-refractivity contribution in [3.63, 3.8) is 0 Å². The molecule has 0 bridgehead atoms. The van der Waals surface area contributed by atoms with Crippen LogP contribution < -0.4 is 11.1 Å². The molecular formula is C15H30N4O. The van der Waals surface area contributed by atoms with Gasteiger partial charge in [-0.3, -0.25) is 4.79 Å². The quantitative estimate of drug-likeness (QED) is 0.679. The Morgan fingerprint density at radius 3 is 2.70 bits per heavy atom. The number of amides is 1. The fourth-order valence-electron chi connectivity index (χ4n) is 3.38. The van der Waals surface area contributed by atoms with Crippen molar-refractivity contribution in [1.82, 2.24) is 15.1 Å².